The van der Waals surface area contributed by atoms with Crippen molar-refractivity contribution >= 4 is 39.1 Å². The normalized spacial score (nSPS) is 10.1. The highest BCUT2D eigenvalue weighted by molar-refractivity contribution is 9.11. The van der Waals surface area contributed by atoms with Crippen LogP contribution in [0.15, 0.2) is 15.9 Å². The fourth-order valence-corrected chi connectivity index (χ4v) is 2.45. The molecule has 1 aromatic heterocycles. The lowest BCUT2D eigenvalue weighted by Crippen LogP contribution is -2.23. The third-order valence-corrected chi connectivity index (χ3v) is 3.55. The molecule has 2 amide bonds. The number of thiophene rings is 1. The Bertz CT molecular complexity index is 379. The molecule has 0 fully saturated rings. The van der Waals surface area contributed by atoms with E-state index in [-0.39, 0.29) is 11.8 Å². The highest BCUT2D eigenvalue weighted by Crippen LogP contribution is 2.21. The zero-order valence-corrected chi connectivity index (χ0v) is 11.1. The molecule has 1 aromatic rings. The summed E-state index contributed by atoms with van der Waals surface area (Å²) >= 11 is 4.69. The van der Waals surface area contributed by atoms with Crippen molar-refractivity contribution in [2.24, 2.45) is 5.73 Å². The van der Waals surface area contributed by atoms with Gasteiger partial charge < -0.3 is 11.1 Å². The Morgan fingerprint density at radius 1 is 1.38 bits per heavy atom. The Hall–Kier alpha value is -0.880. The van der Waals surface area contributed by atoms with Crippen LogP contribution in [0.2, 0.25) is 0 Å². The number of unbranched alkanes of at least 4 members (excludes halogenated alkanes) is 1. The molecule has 1 rings (SSSR count). The highest BCUT2D eigenvalue weighted by Gasteiger charge is 2.07. The number of rotatable bonds is 6. The van der Waals surface area contributed by atoms with E-state index in [1.54, 1.807) is 6.07 Å². The van der Waals surface area contributed by atoms with Crippen LogP contribution in [-0.2, 0) is 4.79 Å². The van der Waals surface area contributed by atoms with Crippen LogP contribution in [0, 0.1) is 0 Å². The minimum absolute atomic E-state index is 0.0743. The molecular weight excluding hydrogens is 292 g/mol. The summed E-state index contributed by atoms with van der Waals surface area (Å²) in [5, 5.41) is 2.78. The smallest absolute Gasteiger partial charge is 0.261 e. The number of amides is 2. The molecule has 0 aromatic carbocycles. The molecule has 0 unspecified atom stereocenters. The van der Waals surface area contributed by atoms with Crippen LogP contribution in [0.25, 0.3) is 0 Å². The Morgan fingerprint density at radius 3 is 2.69 bits per heavy atom. The maximum Gasteiger partial charge on any atom is 0.261 e. The molecule has 0 aliphatic carbocycles. The fourth-order valence-electron chi connectivity index (χ4n) is 1.15. The molecule has 0 atom stereocenters. The van der Waals surface area contributed by atoms with Crippen LogP contribution < -0.4 is 11.1 Å². The fraction of sp³-hybridized carbons (Fsp3) is 0.400. The standard InChI is InChI=1S/C10H13BrN2O2S/c11-8-5-4-7(16-8)10(15)13-6-2-1-3-9(12)14/h4-5H,1-3,6H2,(H2,12,14)(H,13,15). The van der Waals surface area contributed by atoms with Gasteiger partial charge in [0.2, 0.25) is 5.91 Å². The van der Waals surface area contributed by atoms with Gasteiger partial charge in [-0.25, -0.2) is 0 Å². The van der Waals surface area contributed by atoms with Crippen molar-refractivity contribution in [3.8, 4) is 0 Å². The van der Waals surface area contributed by atoms with Crippen molar-refractivity contribution < 1.29 is 9.59 Å². The van der Waals surface area contributed by atoms with E-state index in [9.17, 15) is 9.59 Å². The zero-order chi connectivity index (χ0) is 12.0. The van der Waals surface area contributed by atoms with Gasteiger partial charge in [0.15, 0.2) is 0 Å². The molecule has 0 aliphatic rings. The molecule has 88 valence electrons. The van der Waals surface area contributed by atoms with Gasteiger partial charge in [-0.2, -0.15) is 0 Å². The van der Waals surface area contributed by atoms with E-state index in [0.29, 0.717) is 24.3 Å². The molecule has 16 heavy (non-hydrogen) atoms. The topological polar surface area (TPSA) is 72.2 Å². The molecule has 6 heteroatoms. The molecule has 1 heterocycles. The van der Waals surface area contributed by atoms with Crippen molar-refractivity contribution in [2.75, 3.05) is 6.54 Å². The summed E-state index contributed by atoms with van der Waals surface area (Å²) < 4.78 is 0.936. The Balaban J connectivity index is 2.18. The minimum atomic E-state index is -0.298. The average Bonchev–Trinajstić information content (AvgIpc) is 2.63. The molecular formula is C10H13BrN2O2S. The van der Waals surface area contributed by atoms with Gasteiger partial charge in [0, 0.05) is 13.0 Å². The SMILES string of the molecule is NC(=O)CCCCNC(=O)c1ccc(Br)s1. The second-order valence-electron chi connectivity index (χ2n) is 3.28. The summed E-state index contributed by atoms with van der Waals surface area (Å²) in [4.78, 5) is 22.7. The lowest BCUT2D eigenvalue weighted by molar-refractivity contribution is -0.118. The molecule has 0 aliphatic heterocycles. The van der Waals surface area contributed by atoms with Gasteiger partial charge >= 0.3 is 0 Å². The van der Waals surface area contributed by atoms with Gasteiger partial charge in [-0.1, -0.05) is 0 Å². The molecule has 3 N–H and O–H groups in total. The van der Waals surface area contributed by atoms with E-state index in [4.69, 9.17) is 5.73 Å². The summed E-state index contributed by atoms with van der Waals surface area (Å²) in [7, 11) is 0. The first-order chi connectivity index (χ1) is 7.59. The molecule has 0 spiro atoms. The lowest BCUT2D eigenvalue weighted by Gasteiger charge is -2.02. The number of halogens is 1. The van der Waals surface area contributed by atoms with E-state index < -0.39 is 0 Å². The van der Waals surface area contributed by atoms with Crippen molar-refractivity contribution in [1.82, 2.24) is 5.32 Å². The first-order valence-electron chi connectivity index (χ1n) is 4.91. The van der Waals surface area contributed by atoms with Gasteiger partial charge in [0.25, 0.3) is 5.91 Å². The second-order valence-corrected chi connectivity index (χ2v) is 5.75. The predicted molar refractivity (Wildman–Crippen MR) is 67.4 cm³/mol. The summed E-state index contributed by atoms with van der Waals surface area (Å²) in [5.41, 5.74) is 5.00. The van der Waals surface area contributed by atoms with E-state index in [0.717, 1.165) is 10.2 Å². The van der Waals surface area contributed by atoms with Crippen molar-refractivity contribution in [2.45, 2.75) is 19.3 Å². The zero-order valence-electron chi connectivity index (χ0n) is 8.66. The summed E-state index contributed by atoms with van der Waals surface area (Å²) in [5.74, 6) is -0.372. The van der Waals surface area contributed by atoms with Gasteiger partial charge in [0.05, 0.1) is 8.66 Å². The number of hydrogen-bond acceptors (Lipinski definition) is 3. The summed E-state index contributed by atoms with van der Waals surface area (Å²) in [6.07, 6.45) is 1.85. The van der Waals surface area contributed by atoms with Gasteiger partial charge in [0.1, 0.15) is 0 Å². The van der Waals surface area contributed by atoms with Crippen LogP contribution in [0.4, 0.5) is 0 Å². The van der Waals surface area contributed by atoms with Crippen LogP contribution in [-0.4, -0.2) is 18.4 Å². The molecule has 4 nitrogen and oxygen atoms in total. The molecule has 0 saturated carbocycles. The van der Waals surface area contributed by atoms with E-state index >= 15 is 0 Å². The number of carbonyl (C=O) groups excluding carboxylic acids is 2. The van der Waals surface area contributed by atoms with E-state index in [1.165, 1.54) is 11.3 Å². The summed E-state index contributed by atoms with van der Waals surface area (Å²) in [6, 6.07) is 3.61. The Kier molecular flexibility index (Phi) is 5.48. The molecule has 0 radical (unpaired) electrons. The van der Waals surface area contributed by atoms with Crippen molar-refractivity contribution in [3.63, 3.8) is 0 Å². The molecule has 0 bridgehead atoms. The second kappa shape index (κ2) is 6.65. The average molecular weight is 305 g/mol. The Morgan fingerprint density at radius 2 is 2.12 bits per heavy atom. The maximum absolute atomic E-state index is 11.5. The Labute approximate surface area is 106 Å². The summed E-state index contributed by atoms with van der Waals surface area (Å²) in [6.45, 7) is 0.571. The van der Waals surface area contributed by atoms with Gasteiger partial charge in [-0.05, 0) is 40.9 Å². The number of primary amides is 1. The maximum atomic E-state index is 11.5. The van der Waals surface area contributed by atoms with E-state index in [1.807, 2.05) is 6.07 Å². The van der Waals surface area contributed by atoms with Crippen molar-refractivity contribution in [1.29, 1.82) is 0 Å². The molecule has 0 saturated heterocycles. The van der Waals surface area contributed by atoms with Crippen LogP contribution in [0.5, 0.6) is 0 Å². The number of hydrogen-bond donors (Lipinski definition) is 2. The van der Waals surface area contributed by atoms with Crippen LogP contribution in [0.3, 0.4) is 0 Å². The van der Waals surface area contributed by atoms with Crippen LogP contribution in [0.1, 0.15) is 28.9 Å². The predicted octanol–water partition coefficient (Wildman–Crippen LogP) is 1.90. The first kappa shape index (κ1) is 13.2. The van der Waals surface area contributed by atoms with Gasteiger partial charge in [-0.3, -0.25) is 9.59 Å². The third kappa shape index (κ3) is 4.76. The highest BCUT2D eigenvalue weighted by atomic mass is 79.9. The lowest BCUT2D eigenvalue weighted by atomic mass is 10.2. The number of carbonyl (C=O) groups is 2. The number of nitrogens with one attached hydrogen (secondary N) is 1. The minimum Gasteiger partial charge on any atom is -0.370 e. The van der Waals surface area contributed by atoms with Gasteiger partial charge in [-0.15, -0.1) is 11.3 Å². The third-order valence-electron chi connectivity index (χ3n) is 1.93. The monoisotopic (exact) mass is 304 g/mol. The van der Waals surface area contributed by atoms with Crippen molar-refractivity contribution in [3.05, 3.63) is 20.8 Å². The largest absolute Gasteiger partial charge is 0.370 e. The first-order valence-corrected chi connectivity index (χ1v) is 6.52. The number of nitrogens with two attached hydrogens (primary N) is 1. The van der Waals surface area contributed by atoms with Crippen LogP contribution >= 0.6 is 27.3 Å². The van der Waals surface area contributed by atoms with E-state index in [2.05, 4.69) is 21.2 Å². The quantitative estimate of drug-likeness (QED) is 0.788.